The van der Waals surface area contributed by atoms with Crippen molar-refractivity contribution >= 4 is 27.5 Å². The molecule has 2 aromatic rings. The van der Waals surface area contributed by atoms with E-state index in [1.165, 1.54) is 41.7 Å². The molecule has 0 spiro atoms. The summed E-state index contributed by atoms with van der Waals surface area (Å²) in [5.41, 5.74) is 0.994. The molecule has 1 N–H and O–H groups in total. The fourth-order valence-corrected chi connectivity index (χ4v) is 5.33. The Morgan fingerprint density at radius 3 is 2.62 bits per heavy atom. The number of benzene rings is 1. The minimum absolute atomic E-state index is 0.00779. The monoisotopic (exact) mass is 499 g/mol. The summed E-state index contributed by atoms with van der Waals surface area (Å²) in [6.45, 7) is 0.155. The molecule has 0 bridgehead atoms. The number of ether oxygens (including phenoxy) is 1. The van der Waals surface area contributed by atoms with E-state index in [9.17, 15) is 24.3 Å². The van der Waals surface area contributed by atoms with Gasteiger partial charge in [-0.05, 0) is 27.6 Å². The van der Waals surface area contributed by atoms with Crippen molar-refractivity contribution in [3.8, 4) is 11.5 Å². The first-order valence-electron chi connectivity index (χ1n) is 9.89. The van der Waals surface area contributed by atoms with Gasteiger partial charge in [0, 0.05) is 48.2 Å². The van der Waals surface area contributed by atoms with Crippen LogP contribution in [-0.4, -0.2) is 37.7 Å². The Hall–Kier alpha value is -3.40. The number of halogens is 1. The van der Waals surface area contributed by atoms with Gasteiger partial charge in [0.05, 0.1) is 24.2 Å². The highest BCUT2D eigenvalue weighted by Crippen LogP contribution is 2.51. The number of phenols is 1. The van der Waals surface area contributed by atoms with Crippen molar-refractivity contribution in [1.82, 2.24) is 13.9 Å². The van der Waals surface area contributed by atoms with Crippen molar-refractivity contribution in [2.24, 2.45) is 7.05 Å². The summed E-state index contributed by atoms with van der Waals surface area (Å²) in [4.78, 5) is 51.6. The van der Waals surface area contributed by atoms with Gasteiger partial charge in [0.1, 0.15) is 11.5 Å². The lowest BCUT2D eigenvalue weighted by atomic mass is 9.68. The van der Waals surface area contributed by atoms with Crippen molar-refractivity contribution in [3.05, 3.63) is 78.1 Å². The summed E-state index contributed by atoms with van der Waals surface area (Å²) in [6.07, 6.45) is 3.20. The van der Waals surface area contributed by atoms with Gasteiger partial charge in [0.2, 0.25) is 0 Å². The number of hydrogen-bond donors (Lipinski definition) is 1. The third-order valence-corrected chi connectivity index (χ3v) is 6.91. The normalized spacial score (nSPS) is 22.1. The number of aromatic nitrogens is 3. The third kappa shape index (κ3) is 2.68. The smallest absolute Gasteiger partial charge is 0.347 e. The number of aromatic hydroxyl groups is 1. The van der Waals surface area contributed by atoms with Gasteiger partial charge >= 0.3 is 11.4 Å². The van der Waals surface area contributed by atoms with Crippen molar-refractivity contribution in [2.45, 2.75) is 24.9 Å². The summed E-state index contributed by atoms with van der Waals surface area (Å²) in [6, 6.07) is 3.94. The second-order valence-electron chi connectivity index (χ2n) is 7.91. The zero-order valence-corrected chi connectivity index (χ0v) is 18.7. The molecule has 0 fully saturated rings. The van der Waals surface area contributed by atoms with Crippen molar-refractivity contribution in [2.75, 3.05) is 7.11 Å². The van der Waals surface area contributed by atoms with E-state index in [1.54, 1.807) is 6.07 Å². The zero-order chi connectivity index (χ0) is 22.9. The summed E-state index contributed by atoms with van der Waals surface area (Å²) in [7, 11) is 2.86. The van der Waals surface area contributed by atoms with Gasteiger partial charge in [-0.2, -0.15) is 0 Å². The van der Waals surface area contributed by atoms with Crippen molar-refractivity contribution in [3.63, 3.8) is 0 Å². The Balaban J connectivity index is 1.81. The Morgan fingerprint density at radius 2 is 1.91 bits per heavy atom. The SMILES string of the molecule is COc1cc(O)ccc1[C@H]1C2=CCn3c(=O)n(C)c(=O)n3[C@@H]2CC2=C1C(=O)C=C(Br)C2=O. The average molecular weight is 500 g/mol. The zero-order valence-electron chi connectivity index (χ0n) is 17.2. The Morgan fingerprint density at radius 1 is 1.16 bits per heavy atom. The van der Waals surface area contributed by atoms with Crippen LogP contribution in [0.4, 0.5) is 0 Å². The van der Waals surface area contributed by atoms with Gasteiger partial charge in [-0.25, -0.2) is 23.5 Å². The highest BCUT2D eigenvalue weighted by atomic mass is 79.9. The van der Waals surface area contributed by atoms with Crippen molar-refractivity contribution in [1.29, 1.82) is 0 Å². The molecule has 2 heterocycles. The van der Waals surface area contributed by atoms with Gasteiger partial charge in [-0.15, -0.1) is 0 Å². The Labute approximate surface area is 189 Å². The molecule has 9 nitrogen and oxygen atoms in total. The van der Waals surface area contributed by atoms with Crippen LogP contribution < -0.4 is 16.1 Å². The number of carbonyl (C=O) groups excluding carboxylic acids is 2. The molecule has 1 aliphatic heterocycles. The number of methoxy groups -OCH3 is 1. The number of ketones is 2. The molecule has 0 amide bonds. The van der Waals surface area contributed by atoms with Gasteiger partial charge in [-0.3, -0.25) is 9.59 Å². The molecule has 0 saturated carbocycles. The molecule has 0 unspecified atom stereocenters. The van der Waals surface area contributed by atoms with E-state index in [2.05, 4.69) is 15.9 Å². The molecule has 10 heteroatoms. The lowest BCUT2D eigenvalue weighted by Crippen LogP contribution is -2.40. The Bertz CT molecular complexity index is 1430. The molecule has 1 aromatic carbocycles. The van der Waals surface area contributed by atoms with Crippen LogP contribution in [-0.2, 0) is 23.2 Å². The number of Topliss-reactive ketones (excluding diaryl/α,β-unsaturated/α-hetero) is 1. The summed E-state index contributed by atoms with van der Waals surface area (Å²) in [5, 5.41) is 9.93. The van der Waals surface area contributed by atoms with Crippen LogP contribution in [0.5, 0.6) is 11.5 Å². The molecular formula is C22H18BrN3O6. The number of nitrogens with zero attached hydrogens (tertiary/aromatic N) is 3. The summed E-state index contributed by atoms with van der Waals surface area (Å²) >= 11 is 3.18. The van der Waals surface area contributed by atoms with Crippen LogP contribution in [0.1, 0.15) is 23.9 Å². The lowest BCUT2D eigenvalue weighted by molar-refractivity contribution is -0.115. The topological polar surface area (TPSA) is 113 Å². The quantitative estimate of drug-likeness (QED) is 0.494. The Kier molecular flexibility index (Phi) is 4.52. The molecule has 2 aliphatic carbocycles. The molecule has 5 rings (SSSR count). The second-order valence-corrected chi connectivity index (χ2v) is 8.77. The van der Waals surface area contributed by atoms with E-state index in [0.717, 1.165) is 10.1 Å². The first-order chi connectivity index (χ1) is 15.2. The van der Waals surface area contributed by atoms with E-state index in [0.29, 0.717) is 22.5 Å². The maximum atomic E-state index is 13.1. The van der Waals surface area contributed by atoms with Gasteiger partial charge in [0.25, 0.3) is 0 Å². The highest BCUT2D eigenvalue weighted by molar-refractivity contribution is 9.12. The average Bonchev–Trinajstić information content (AvgIpc) is 3.00. The minimum Gasteiger partial charge on any atom is -0.508 e. The predicted molar refractivity (Wildman–Crippen MR) is 117 cm³/mol. The standard InChI is InChI=1S/C22H18BrN3O6/c1-24-21(30)25-6-5-11-15(26(25)22(24)31)8-13-19(16(28)9-14(23)20(13)29)18(11)12-4-3-10(27)7-17(12)32-2/h3-5,7,9,15,18,27H,6,8H2,1-2H3/t15-,18-/m1/s1. The first kappa shape index (κ1) is 20.5. The highest BCUT2D eigenvalue weighted by Gasteiger charge is 2.45. The van der Waals surface area contributed by atoms with Crippen molar-refractivity contribution < 1.29 is 19.4 Å². The number of hydrogen-bond acceptors (Lipinski definition) is 6. The number of phenolic OH excluding ortho intramolecular Hbond substituents is 1. The van der Waals surface area contributed by atoms with Crippen LogP contribution in [0.2, 0.25) is 0 Å². The maximum Gasteiger partial charge on any atom is 0.347 e. The van der Waals surface area contributed by atoms with Gasteiger partial charge in [-0.1, -0.05) is 12.1 Å². The number of fused-ring (bicyclic) bond motifs is 3. The van der Waals surface area contributed by atoms with E-state index in [-0.39, 0.29) is 34.8 Å². The van der Waals surface area contributed by atoms with E-state index < -0.39 is 23.3 Å². The van der Waals surface area contributed by atoms with Gasteiger partial charge < -0.3 is 9.84 Å². The second kappa shape index (κ2) is 7.06. The number of rotatable bonds is 2. The fourth-order valence-electron chi connectivity index (χ4n) is 4.88. The van der Waals surface area contributed by atoms with Crippen LogP contribution in [0.25, 0.3) is 0 Å². The van der Waals surface area contributed by atoms with Crippen LogP contribution in [0.3, 0.4) is 0 Å². The summed E-state index contributed by atoms with van der Waals surface area (Å²) < 4.78 is 9.37. The predicted octanol–water partition coefficient (Wildman–Crippen LogP) is 1.46. The number of carbonyl (C=O) groups is 2. The first-order valence-corrected chi connectivity index (χ1v) is 10.7. The number of allylic oxidation sites excluding steroid dienone is 6. The van der Waals surface area contributed by atoms with E-state index in [1.807, 2.05) is 6.08 Å². The van der Waals surface area contributed by atoms with Crippen LogP contribution >= 0.6 is 15.9 Å². The molecule has 0 saturated heterocycles. The lowest BCUT2D eigenvalue weighted by Gasteiger charge is -2.39. The van der Waals surface area contributed by atoms with E-state index in [4.69, 9.17) is 4.74 Å². The molecular weight excluding hydrogens is 482 g/mol. The molecule has 2 atom stereocenters. The molecule has 0 radical (unpaired) electrons. The molecule has 1 aromatic heterocycles. The molecule has 164 valence electrons. The summed E-state index contributed by atoms with van der Waals surface area (Å²) in [5.74, 6) is -0.977. The minimum atomic E-state index is -0.677. The van der Waals surface area contributed by atoms with Gasteiger partial charge in [0.15, 0.2) is 11.6 Å². The maximum absolute atomic E-state index is 13.1. The third-order valence-electron chi connectivity index (χ3n) is 6.32. The van der Waals surface area contributed by atoms with E-state index >= 15 is 0 Å². The fraction of sp³-hybridized carbons (Fsp3) is 0.273. The molecule has 3 aliphatic rings. The molecule has 32 heavy (non-hydrogen) atoms. The largest absolute Gasteiger partial charge is 0.508 e. The van der Waals surface area contributed by atoms with Crippen LogP contribution in [0, 0.1) is 0 Å². The van der Waals surface area contributed by atoms with Crippen LogP contribution in [0.15, 0.2) is 61.1 Å².